The predicted molar refractivity (Wildman–Crippen MR) is 163 cm³/mol. The lowest BCUT2D eigenvalue weighted by Gasteiger charge is -2.39. The lowest BCUT2D eigenvalue weighted by atomic mass is 9.80. The molecule has 0 saturated heterocycles. The average molecular weight is 596 g/mol. The summed E-state index contributed by atoms with van der Waals surface area (Å²) < 4.78 is 18.5. The lowest BCUT2D eigenvalue weighted by molar-refractivity contribution is -0.148. The number of thiazole rings is 1. The maximum absolute atomic E-state index is 11.9. The van der Waals surface area contributed by atoms with Crippen LogP contribution < -0.4 is 0 Å². The molecule has 2 aliphatic rings. The van der Waals surface area contributed by atoms with E-state index in [0.29, 0.717) is 18.2 Å². The van der Waals surface area contributed by atoms with Crippen LogP contribution in [0, 0.1) is 17.8 Å². The highest BCUT2D eigenvalue weighted by atomic mass is 32.2. The molecule has 0 aliphatic heterocycles. The molecule has 0 aromatic carbocycles. The number of nitrogens with zero attached hydrogens (tertiary/aromatic N) is 1. The molecule has 1 heterocycles. The van der Waals surface area contributed by atoms with Crippen LogP contribution >= 0.6 is 23.1 Å². The maximum atomic E-state index is 11.9. The van der Waals surface area contributed by atoms with E-state index in [-0.39, 0.29) is 29.6 Å². The Kier molecular flexibility index (Phi) is 12.6. The van der Waals surface area contributed by atoms with Gasteiger partial charge in [-0.05, 0) is 77.4 Å². The summed E-state index contributed by atoms with van der Waals surface area (Å²) in [5.74, 6) is 1.72. The number of carbonyl (C=O) groups excluding carboxylic acids is 2. The Morgan fingerprint density at radius 1 is 1.18 bits per heavy atom. The van der Waals surface area contributed by atoms with Gasteiger partial charge in [-0.2, -0.15) is 0 Å². The van der Waals surface area contributed by atoms with Gasteiger partial charge in [0.05, 0.1) is 12.2 Å². The molecule has 0 bridgehead atoms. The van der Waals surface area contributed by atoms with Crippen LogP contribution in [0.1, 0.15) is 95.5 Å². The van der Waals surface area contributed by atoms with Gasteiger partial charge in [-0.25, -0.2) is 9.78 Å². The molecule has 39 heavy (non-hydrogen) atoms. The van der Waals surface area contributed by atoms with Crippen LogP contribution in [-0.2, 0) is 18.7 Å². The molecule has 4 atom stereocenters. The standard InChI is InChI=1S/C30H49NO5S2Si/c1-7-34-28(33)26-21-38-29(31-26)37-19-17-25-24(15-16-27(25)35-22(2)32)14-11-18-30(3,36-39(4,5)6)20-23-12-9-8-10-13-23/h11,14,21,23-25,27H,7-10,12-13,15-20H2,1-6H3/b14-11+/t24-,25-,27+,30?/m1/s1. The average Bonchev–Trinajstić information content (AvgIpc) is 3.46. The number of hydrogen-bond donors (Lipinski definition) is 0. The van der Waals surface area contributed by atoms with E-state index in [1.165, 1.54) is 50.4 Å². The van der Waals surface area contributed by atoms with Crippen molar-refractivity contribution in [3.8, 4) is 0 Å². The first-order valence-electron chi connectivity index (χ1n) is 14.8. The fourth-order valence-corrected chi connectivity index (χ4v) is 9.92. The molecule has 1 unspecified atom stereocenters. The zero-order chi connectivity index (χ0) is 28.5. The molecule has 0 spiro atoms. The molecule has 1 aromatic rings. The van der Waals surface area contributed by atoms with Crippen molar-refractivity contribution < 1.29 is 23.5 Å². The summed E-state index contributed by atoms with van der Waals surface area (Å²) in [5, 5.41) is 1.76. The van der Waals surface area contributed by atoms with Gasteiger partial charge in [0, 0.05) is 24.0 Å². The topological polar surface area (TPSA) is 74.7 Å². The number of rotatable bonds is 14. The minimum atomic E-state index is -1.69. The lowest BCUT2D eigenvalue weighted by Crippen LogP contribution is -2.42. The first kappa shape index (κ1) is 32.4. The summed E-state index contributed by atoms with van der Waals surface area (Å²) >= 11 is 3.13. The monoisotopic (exact) mass is 595 g/mol. The molecular weight excluding hydrogens is 547 g/mol. The minimum Gasteiger partial charge on any atom is -0.462 e. The van der Waals surface area contributed by atoms with Crippen molar-refractivity contribution in [2.75, 3.05) is 12.4 Å². The van der Waals surface area contributed by atoms with Crippen molar-refractivity contribution >= 4 is 43.4 Å². The Bertz CT molecular complexity index is 955. The smallest absolute Gasteiger partial charge is 0.357 e. The zero-order valence-electron chi connectivity index (χ0n) is 24.8. The molecule has 6 nitrogen and oxygen atoms in total. The number of esters is 2. The van der Waals surface area contributed by atoms with Crippen molar-refractivity contribution in [1.82, 2.24) is 4.98 Å². The van der Waals surface area contributed by atoms with Gasteiger partial charge >= 0.3 is 11.9 Å². The van der Waals surface area contributed by atoms with E-state index in [0.717, 1.165) is 48.1 Å². The first-order chi connectivity index (χ1) is 18.5. The van der Waals surface area contributed by atoms with Crippen molar-refractivity contribution in [2.45, 2.75) is 121 Å². The van der Waals surface area contributed by atoms with E-state index >= 15 is 0 Å². The van der Waals surface area contributed by atoms with Crippen LogP contribution in [-0.4, -0.2) is 49.3 Å². The highest BCUT2D eigenvalue weighted by Crippen LogP contribution is 2.40. The third-order valence-corrected chi connectivity index (χ3v) is 10.9. The third-order valence-electron chi connectivity index (χ3n) is 7.70. The summed E-state index contributed by atoms with van der Waals surface area (Å²) in [7, 11) is -1.69. The summed E-state index contributed by atoms with van der Waals surface area (Å²) in [6.45, 7) is 12.9. The minimum absolute atomic E-state index is 0.0454. The predicted octanol–water partition coefficient (Wildman–Crippen LogP) is 8.29. The van der Waals surface area contributed by atoms with E-state index in [4.69, 9.17) is 13.9 Å². The first-order valence-corrected chi connectivity index (χ1v) is 20.0. The van der Waals surface area contributed by atoms with E-state index in [2.05, 4.69) is 43.7 Å². The quantitative estimate of drug-likeness (QED) is 0.0927. The number of aromatic nitrogens is 1. The van der Waals surface area contributed by atoms with Crippen LogP contribution in [0.25, 0.3) is 0 Å². The van der Waals surface area contributed by atoms with Crippen molar-refractivity contribution in [3.05, 3.63) is 23.2 Å². The SMILES string of the molecule is CCOC(=O)c1csc(SCC[C@@H]2[C@H](/C=C/CC(C)(CC3CCCCC3)O[Si](C)(C)C)CC[C@@H]2OC(C)=O)n1. The van der Waals surface area contributed by atoms with E-state index in [9.17, 15) is 9.59 Å². The van der Waals surface area contributed by atoms with Gasteiger partial charge < -0.3 is 13.9 Å². The summed E-state index contributed by atoms with van der Waals surface area (Å²) in [6, 6.07) is 0. The molecule has 2 fully saturated rings. The molecule has 0 radical (unpaired) electrons. The van der Waals surface area contributed by atoms with Crippen LogP contribution in [0.3, 0.4) is 0 Å². The summed E-state index contributed by atoms with van der Waals surface area (Å²) in [4.78, 5) is 28.2. The second-order valence-electron chi connectivity index (χ2n) is 12.4. The molecule has 0 N–H and O–H groups in total. The van der Waals surface area contributed by atoms with Crippen LogP contribution in [0.4, 0.5) is 0 Å². The largest absolute Gasteiger partial charge is 0.462 e. The fraction of sp³-hybridized carbons (Fsp3) is 0.767. The highest BCUT2D eigenvalue weighted by molar-refractivity contribution is 8.01. The van der Waals surface area contributed by atoms with E-state index in [1.807, 2.05) is 0 Å². The Morgan fingerprint density at radius 2 is 1.92 bits per heavy atom. The van der Waals surface area contributed by atoms with E-state index < -0.39 is 8.32 Å². The number of hydrogen-bond acceptors (Lipinski definition) is 8. The van der Waals surface area contributed by atoms with Crippen molar-refractivity contribution in [2.24, 2.45) is 17.8 Å². The number of ether oxygens (including phenoxy) is 2. The number of carbonyl (C=O) groups is 2. The maximum Gasteiger partial charge on any atom is 0.357 e. The number of allylic oxidation sites excluding steroid dienone is 1. The second-order valence-corrected chi connectivity index (χ2v) is 19.0. The third kappa shape index (κ3) is 11.0. The zero-order valence-corrected chi connectivity index (χ0v) is 27.5. The highest BCUT2D eigenvalue weighted by Gasteiger charge is 2.37. The van der Waals surface area contributed by atoms with Crippen LogP contribution in [0.15, 0.2) is 21.9 Å². The van der Waals surface area contributed by atoms with Crippen molar-refractivity contribution in [3.63, 3.8) is 0 Å². The molecule has 9 heteroatoms. The Labute approximate surface area is 245 Å². The van der Waals surface area contributed by atoms with Crippen molar-refractivity contribution in [1.29, 1.82) is 0 Å². The Balaban J connectivity index is 1.62. The normalized spacial score (nSPS) is 24.1. The summed E-state index contributed by atoms with van der Waals surface area (Å²) in [5.41, 5.74) is 0.254. The molecule has 2 saturated carbocycles. The molecule has 0 amide bonds. The van der Waals surface area contributed by atoms with Gasteiger partial charge in [0.1, 0.15) is 6.10 Å². The van der Waals surface area contributed by atoms with Gasteiger partial charge in [0.15, 0.2) is 18.4 Å². The molecule has 2 aliphatic carbocycles. The van der Waals surface area contributed by atoms with Gasteiger partial charge in [-0.15, -0.1) is 11.3 Å². The molecule has 3 rings (SSSR count). The molecule has 220 valence electrons. The molecular formula is C30H49NO5S2Si. The van der Waals surface area contributed by atoms with Crippen LogP contribution in [0.2, 0.25) is 19.6 Å². The van der Waals surface area contributed by atoms with Gasteiger partial charge in [0.25, 0.3) is 0 Å². The fourth-order valence-electron chi connectivity index (χ4n) is 6.36. The van der Waals surface area contributed by atoms with E-state index in [1.54, 1.807) is 24.1 Å². The van der Waals surface area contributed by atoms with Gasteiger partial charge in [0.2, 0.25) is 0 Å². The van der Waals surface area contributed by atoms with Crippen LogP contribution in [0.5, 0.6) is 0 Å². The second kappa shape index (κ2) is 15.2. The Morgan fingerprint density at radius 3 is 2.59 bits per heavy atom. The Hall–Kier alpha value is -1.16. The van der Waals surface area contributed by atoms with Gasteiger partial charge in [-0.3, -0.25) is 4.79 Å². The number of thioether (sulfide) groups is 1. The molecule has 1 aromatic heterocycles. The van der Waals surface area contributed by atoms with Gasteiger partial charge in [-0.1, -0.05) is 56.0 Å². The summed E-state index contributed by atoms with van der Waals surface area (Å²) in [6.07, 6.45) is 16.4.